The average molecular weight is 620 g/mol. The first kappa shape index (κ1) is 29.7. The molecule has 2 saturated heterocycles. The lowest BCUT2D eigenvalue weighted by Gasteiger charge is -2.37. The fraction of sp³-hybridized carbons (Fsp3) is 0.429. The fourth-order valence-electron chi connectivity index (χ4n) is 5.23. The molecule has 1 aromatic heterocycles. The lowest BCUT2D eigenvalue weighted by atomic mass is 9.95. The molecule has 0 radical (unpaired) electrons. The van der Waals surface area contributed by atoms with Crippen LogP contribution in [0.3, 0.4) is 0 Å². The van der Waals surface area contributed by atoms with Gasteiger partial charge in [-0.2, -0.15) is 4.98 Å². The van der Waals surface area contributed by atoms with E-state index in [9.17, 15) is 8.42 Å². The van der Waals surface area contributed by atoms with Gasteiger partial charge in [0.25, 0.3) is 0 Å². The Morgan fingerprint density at radius 1 is 1.00 bits per heavy atom. The van der Waals surface area contributed by atoms with Crippen molar-refractivity contribution in [3.05, 3.63) is 58.7 Å². The Balaban J connectivity index is 1.24. The SMILES string of the molecule is CN(c1ccccc1Nc1nc(Nc2ccc(N3CCC(CN4CCNCC4)CC3)cc2Cl)ncc1Cl)S(C)(=O)=O. The van der Waals surface area contributed by atoms with Gasteiger partial charge in [0.05, 0.1) is 34.5 Å². The lowest BCUT2D eigenvalue weighted by Crippen LogP contribution is -2.46. The first-order chi connectivity index (χ1) is 19.7. The van der Waals surface area contributed by atoms with E-state index in [-0.39, 0.29) is 5.02 Å². The minimum absolute atomic E-state index is 0.286. The quantitative estimate of drug-likeness (QED) is 0.312. The smallest absolute Gasteiger partial charge is 0.232 e. The van der Waals surface area contributed by atoms with Crippen LogP contribution in [0.2, 0.25) is 10.0 Å². The van der Waals surface area contributed by atoms with Gasteiger partial charge in [0.15, 0.2) is 5.82 Å². The maximum Gasteiger partial charge on any atom is 0.232 e. The van der Waals surface area contributed by atoms with Crippen molar-refractivity contribution in [3.8, 4) is 0 Å². The Kier molecular flexibility index (Phi) is 9.40. The monoisotopic (exact) mass is 618 g/mol. The molecule has 5 rings (SSSR count). The van der Waals surface area contributed by atoms with Crippen LogP contribution < -0.4 is 25.2 Å². The number of hydrogen-bond donors (Lipinski definition) is 3. The maximum atomic E-state index is 12.1. The Hall–Kier alpha value is -2.83. The summed E-state index contributed by atoms with van der Waals surface area (Å²) in [5.74, 6) is 1.37. The summed E-state index contributed by atoms with van der Waals surface area (Å²) in [5, 5.41) is 10.6. The molecule has 0 aliphatic carbocycles. The topological polar surface area (TPSA) is 106 Å². The zero-order valence-electron chi connectivity index (χ0n) is 23.3. The molecule has 220 valence electrons. The van der Waals surface area contributed by atoms with Crippen LogP contribution in [0.1, 0.15) is 12.8 Å². The highest BCUT2D eigenvalue weighted by Gasteiger charge is 2.23. The fourth-order valence-corrected chi connectivity index (χ4v) is 6.11. The number of aromatic nitrogens is 2. The van der Waals surface area contributed by atoms with E-state index in [4.69, 9.17) is 23.2 Å². The molecule has 2 aliphatic heterocycles. The number of sulfonamides is 1. The number of nitrogens with zero attached hydrogens (tertiary/aromatic N) is 5. The van der Waals surface area contributed by atoms with Crippen LogP contribution in [-0.4, -0.2) is 82.4 Å². The Bertz CT molecular complexity index is 1460. The minimum atomic E-state index is -3.46. The highest BCUT2D eigenvalue weighted by Crippen LogP contribution is 2.34. The van der Waals surface area contributed by atoms with E-state index in [0.717, 1.165) is 57.1 Å². The number of hydrogen-bond acceptors (Lipinski definition) is 9. The van der Waals surface area contributed by atoms with Crippen molar-refractivity contribution in [2.45, 2.75) is 12.8 Å². The molecule has 3 heterocycles. The number of anilines is 6. The van der Waals surface area contributed by atoms with Gasteiger partial charge in [-0.3, -0.25) is 4.31 Å². The van der Waals surface area contributed by atoms with Crippen molar-refractivity contribution in [1.29, 1.82) is 0 Å². The minimum Gasteiger partial charge on any atom is -0.371 e. The van der Waals surface area contributed by atoms with Crippen LogP contribution in [0.5, 0.6) is 0 Å². The molecule has 0 saturated carbocycles. The van der Waals surface area contributed by atoms with Crippen LogP contribution in [0, 0.1) is 5.92 Å². The van der Waals surface area contributed by atoms with Crippen LogP contribution in [0.4, 0.5) is 34.5 Å². The van der Waals surface area contributed by atoms with Gasteiger partial charge < -0.3 is 25.8 Å². The van der Waals surface area contributed by atoms with Crippen LogP contribution in [0.25, 0.3) is 0 Å². The largest absolute Gasteiger partial charge is 0.371 e. The molecule has 3 aromatic rings. The second-order valence-corrected chi connectivity index (χ2v) is 13.4. The summed E-state index contributed by atoms with van der Waals surface area (Å²) in [6.07, 6.45) is 4.99. The van der Waals surface area contributed by atoms with Gasteiger partial charge in [0, 0.05) is 58.5 Å². The summed E-state index contributed by atoms with van der Waals surface area (Å²) < 4.78 is 25.4. The number of piperidine rings is 1. The van der Waals surface area contributed by atoms with E-state index in [2.05, 4.69) is 41.8 Å². The third-order valence-electron chi connectivity index (χ3n) is 7.64. The maximum absolute atomic E-state index is 12.1. The number of para-hydroxylation sites is 2. The normalized spacial score (nSPS) is 16.9. The Morgan fingerprint density at radius 3 is 2.44 bits per heavy atom. The Morgan fingerprint density at radius 2 is 1.73 bits per heavy atom. The van der Waals surface area contributed by atoms with Crippen LogP contribution in [0.15, 0.2) is 48.7 Å². The summed E-state index contributed by atoms with van der Waals surface area (Å²) in [6, 6.07) is 13.0. The van der Waals surface area contributed by atoms with E-state index < -0.39 is 10.0 Å². The molecule has 0 amide bonds. The standard InChI is InChI=1S/C28H36Cl2N8O2S/c1-36(41(2,39)40)26-6-4-3-5-25(26)33-27-23(30)18-32-28(35-27)34-24-8-7-21(17-22(24)29)38-13-9-20(10-14-38)19-37-15-11-31-12-16-37/h3-8,17-18,20,31H,9-16,19H2,1-2H3,(H2,32,33,34,35). The molecule has 10 nitrogen and oxygen atoms in total. The van der Waals surface area contributed by atoms with Gasteiger partial charge in [-0.05, 0) is 49.1 Å². The number of nitrogens with one attached hydrogen (secondary N) is 3. The van der Waals surface area contributed by atoms with Crippen molar-refractivity contribution in [1.82, 2.24) is 20.2 Å². The molecule has 13 heteroatoms. The van der Waals surface area contributed by atoms with Crippen LogP contribution >= 0.6 is 23.2 Å². The molecule has 41 heavy (non-hydrogen) atoms. The molecule has 0 bridgehead atoms. The van der Waals surface area contributed by atoms with Crippen molar-refractivity contribution >= 4 is 67.7 Å². The van der Waals surface area contributed by atoms with Gasteiger partial charge >= 0.3 is 0 Å². The molecule has 0 atom stereocenters. The van der Waals surface area contributed by atoms with E-state index in [1.807, 2.05) is 12.1 Å². The van der Waals surface area contributed by atoms with Crippen molar-refractivity contribution in [2.75, 3.05) is 79.0 Å². The molecular formula is C28H36Cl2N8O2S. The number of benzene rings is 2. The van der Waals surface area contributed by atoms with Gasteiger partial charge in [0.2, 0.25) is 16.0 Å². The lowest BCUT2D eigenvalue weighted by molar-refractivity contribution is 0.190. The van der Waals surface area contributed by atoms with Crippen LogP contribution in [-0.2, 0) is 10.0 Å². The molecule has 2 aliphatic rings. The summed E-state index contributed by atoms with van der Waals surface area (Å²) >= 11 is 13.1. The highest BCUT2D eigenvalue weighted by molar-refractivity contribution is 7.92. The van der Waals surface area contributed by atoms with Gasteiger partial charge in [-0.25, -0.2) is 13.4 Å². The Labute approximate surface area is 252 Å². The summed E-state index contributed by atoms with van der Waals surface area (Å²) in [6.45, 7) is 7.70. The average Bonchev–Trinajstić information content (AvgIpc) is 2.96. The highest BCUT2D eigenvalue weighted by atomic mass is 35.5. The first-order valence-electron chi connectivity index (χ1n) is 13.7. The third-order valence-corrected chi connectivity index (χ3v) is 9.42. The summed E-state index contributed by atoms with van der Waals surface area (Å²) in [5.41, 5.74) is 2.78. The predicted molar refractivity (Wildman–Crippen MR) is 169 cm³/mol. The predicted octanol–water partition coefficient (Wildman–Crippen LogP) is 4.79. The van der Waals surface area contributed by atoms with Gasteiger partial charge in [0.1, 0.15) is 5.02 Å². The number of halogens is 2. The van der Waals surface area contributed by atoms with E-state index >= 15 is 0 Å². The van der Waals surface area contributed by atoms with Crippen molar-refractivity contribution in [2.24, 2.45) is 5.92 Å². The zero-order chi connectivity index (χ0) is 29.0. The molecule has 0 unspecified atom stereocenters. The van der Waals surface area contributed by atoms with Crippen molar-refractivity contribution < 1.29 is 8.42 Å². The van der Waals surface area contributed by atoms with E-state index in [0.29, 0.717) is 33.9 Å². The molecule has 2 aromatic carbocycles. The van der Waals surface area contributed by atoms with Gasteiger partial charge in [-0.15, -0.1) is 0 Å². The number of rotatable bonds is 9. The molecule has 2 fully saturated rings. The second-order valence-electron chi connectivity index (χ2n) is 10.5. The molecule has 3 N–H and O–H groups in total. The van der Waals surface area contributed by atoms with E-state index in [1.54, 1.807) is 24.3 Å². The molecule has 0 spiro atoms. The van der Waals surface area contributed by atoms with Gasteiger partial charge in [-0.1, -0.05) is 35.3 Å². The van der Waals surface area contributed by atoms with E-state index in [1.165, 1.54) is 36.9 Å². The number of piperazine rings is 1. The summed E-state index contributed by atoms with van der Waals surface area (Å²) in [7, 11) is -1.97. The first-order valence-corrected chi connectivity index (χ1v) is 16.3. The second kappa shape index (κ2) is 13.0. The third kappa shape index (κ3) is 7.52. The zero-order valence-corrected chi connectivity index (χ0v) is 25.6. The van der Waals surface area contributed by atoms with Crippen molar-refractivity contribution in [3.63, 3.8) is 0 Å². The summed E-state index contributed by atoms with van der Waals surface area (Å²) in [4.78, 5) is 13.8. The molecular weight excluding hydrogens is 583 g/mol.